The van der Waals surface area contributed by atoms with E-state index in [1.54, 1.807) is 0 Å². The molecule has 14 nitrogen and oxygen atoms in total. The third-order valence-corrected chi connectivity index (χ3v) is 11.7. The molecule has 0 atom stereocenters. The first kappa shape index (κ1) is 42.7. The molecule has 49 heavy (non-hydrogen) atoms. The van der Waals surface area contributed by atoms with Gasteiger partial charge in [-0.25, -0.2) is 0 Å². The molecule has 0 radical (unpaired) electrons. The van der Waals surface area contributed by atoms with Crippen molar-refractivity contribution in [3.63, 3.8) is 0 Å². The zero-order valence-electron chi connectivity index (χ0n) is 29.9. The first-order valence-corrected chi connectivity index (χ1v) is 19.8. The lowest BCUT2D eigenvalue weighted by molar-refractivity contribution is -0.138. The van der Waals surface area contributed by atoms with Crippen LogP contribution in [0.25, 0.3) is 0 Å². The zero-order chi connectivity index (χ0) is 35.9. The molecule has 1 aliphatic heterocycles. The quantitative estimate of drug-likeness (QED) is 0.0966. The van der Waals surface area contributed by atoms with Gasteiger partial charge in [0.2, 0.25) is 0 Å². The van der Waals surface area contributed by atoms with Crippen molar-refractivity contribution in [2.45, 2.75) is 65.6 Å². The summed E-state index contributed by atoms with van der Waals surface area (Å²) in [6.45, 7) is 16.4. The van der Waals surface area contributed by atoms with Gasteiger partial charge in [0.25, 0.3) is 0 Å². The first-order valence-electron chi connectivity index (χ1n) is 17.8. The Balaban J connectivity index is 2.02. The molecule has 1 fully saturated rings. The van der Waals surface area contributed by atoms with Crippen LogP contribution in [0.5, 0.6) is 0 Å². The van der Waals surface area contributed by atoms with Crippen molar-refractivity contribution < 1.29 is 43.0 Å². The van der Waals surface area contributed by atoms with Crippen molar-refractivity contribution >= 4 is 26.7 Å². The van der Waals surface area contributed by atoms with Gasteiger partial charge < -0.3 is 48.6 Å². The van der Waals surface area contributed by atoms with Gasteiger partial charge in [-0.2, -0.15) is 0 Å². The second-order valence-corrected chi connectivity index (χ2v) is 15.0. The summed E-state index contributed by atoms with van der Waals surface area (Å²) in [6, 6.07) is 9.35. The predicted octanol–water partition coefficient (Wildman–Crippen LogP) is 2.36. The highest BCUT2D eigenvalue weighted by Crippen LogP contribution is 2.18. The minimum absolute atomic E-state index is 0.0202. The Morgan fingerprint density at radius 2 is 1.00 bits per heavy atom. The van der Waals surface area contributed by atoms with Crippen LogP contribution in [-0.4, -0.2) is 160 Å². The minimum Gasteiger partial charge on any atom is -0.481 e. The van der Waals surface area contributed by atoms with E-state index in [1.807, 2.05) is 20.8 Å². The third-order valence-electron chi connectivity index (χ3n) is 8.54. The van der Waals surface area contributed by atoms with Crippen LogP contribution in [0.3, 0.4) is 0 Å². The molecule has 1 aliphatic rings. The highest BCUT2D eigenvalue weighted by Gasteiger charge is 2.39. The lowest BCUT2D eigenvalue weighted by Gasteiger charge is -2.34. The van der Waals surface area contributed by atoms with E-state index in [-0.39, 0.29) is 19.3 Å². The lowest BCUT2D eigenvalue weighted by Crippen LogP contribution is -2.46. The van der Waals surface area contributed by atoms with Gasteiger partial charge >= 0.3 is 26.7 Å². The molecule has 0 amide bonds. The van der Waals surface area contributed by atoms with Crippen LogP contribution in [0.4, 0.5) is 0 Å². The van der Waals surface area contributed by atoms with Crippen LogP contribution in [0, 0.1) is 0 Å². The van der Waals surface area contributed by atoms with E-state index in [9.17, 15) is 29.7 Å². The fourth-order valence-corrected chi connectivity index (χ4v) is 8.47. The number of hydrogen-bond donors (Lipinski definition) is 4. The molecule has 0 aromatic heterocycles. The molecule has 280 valence electrons. The molecule has 0 bridgehead atoms. The summed E-state index contributed by atoms with van der Waals surface area (Å²) >= 11 is 0. The van der Waals surface area contributed by atoms with E-state index < -0.39 is 26.7 Å². The van der Waals surface area contributed by atoms with Gasteiger partial charge in [0.05, 0.1) is 19.3 Å². The van der Waals surface area contributed by atoms with Crippen LogP contribution in [0.2, 0.25) is 6.04 Å². The summed E-state index contributed by atoms with van der Waals surface area (Å²) in [7, 11) is -2.64. The molecule has 4 N–H and O–H groups in total. The van der Waals surface area contributed by atoms with E-state index in [4.69, 9.17) is 13.3 Å². The normalized spacial score (nSPS) is 16.6. The van der Waals surface area contributed by atoms with Gasteiger partial charge in [-0.05, 0) is 44.9 Å². The molecule has 0 saturated carbocycles. The van der Waals surface area contributed by atoms with Crippen molar-refractivity contribution in [2.24, 2.45) is 0 Å². The molecule has 1 saturated heterocycles. The molecule has 2 rings (SSSR count). The first-order chi connectivity index (χ1) is 23.6. The maximum atomic E-state index is 11.4. The lowest BCUT2D eigenvalue weighted by atomic mass is 10.1. The molecular formula is C34H61N5O9Si. The van der Waals surface area contributed by atoms with Gasteiger partial charge in [0.1, 0.15) is 0 Å². The average Bonchev–Trinajstić information content (AvgIpc) is 3.05. The number of rotatable bonds is 23. The standard InChI is InChI=1S/C34H61N5O9Si/c1-4-46-49(47-5-2,48-6-3)27-7-15-35-28-30-8-10-31(11-9-30)29-39-25-23-37(17-13-33(42)43)21-19-36(16-12-32(40)41)20-22-38(24-26-39)18-14-34(44)45/h8-11,35H,4-7,12-29H2,1-3H3,(H,40,41)(H,42,43)(H,44,45). The highest BCUT2D eigenvalue weighted by atomic mass is 28.4. The summed E-state index contributed by atoms with van der Waals surface area (Å²) in [5.74, 6) is -2.55. The largest absolute Gasteiger partial charge is 0.500 e. The van der Waals surface area contributed by atoms with Crippen LogP contribution in [-0.2, 0) is 40.8 Å². The molecule has 15 heteroatoms. The maximum Gasteiger partial charge on any atom is 0.500 e. The number of aliphatic carboxylic acids is 3. The van der Waals surface area contributed by atoms with Crippen molar-refractivity contribution in [1.29, 1.82) is 0 Å². The SMILES string of the molecule is CCO[Si](CCCNCc1ccc(CN2CCN(CCC(=O)O)CCN(CCC(=O)O)CCN(CCC(=O)O)CC2)cc1)(OCC)OCC. The Bertz CT molecular complexity index is 1030. The second kappa shape index (κ2) is 24.6. The molecule has 0 spiro atoms. The summed E-state index contributed by atoms with van der Waals surface area (Å²) in [5.41, 5.74) is 2.36. The zero-order valence-corrected chi connectivity index (χ0v) is 30.9. The van der Waals surface area contributed by atoms with Gasteiger partial charge in [-0.15, -0.1) is 0 Å². The molecule has 1 heterocycles. The predicted molar refractivity (Wildman–Crippen MR) is 190 cm³/mol. The third kappa shape index (κ3) is 18.9. The van der Waals surface area contributed by atoms with Crippen LogP contribution in [0.1, 0.15) is 57.6 Å². The maximum absolute atomic E-state index is 11.4. The average molecular weight is 712 g/mol. The number of nitrogens with one attached hydrogen (secondary N) is 1. The van der Waals surface area contributed by atoms with E-state index >= 15 is 0 Å². The topological polar surface area (TPSA) is 165 Å². The summed E-state index contributed by atoms with van der Waals surface area (Å²) < 4.78 is 17.9. The number of benzene rings is 1. The number of nitrogens with zero attached hydrogens (tertiary/aromatic N) is 4. The molecular weight excluding hydrogens is 650 g/mol. The van der Waals surface area contributed by atoms with Crippen LogP contribution < -0.4 is 5.32 Å². The van der Waals surface area contributed by atoms with Crippen molar-refractivity contribution in [2.75, 3.05) is 98.4 Å². The van der Waals surface area contributed by atoms with Gasteiger partial charge in [0.15, 0.2) is 0 Å². The molecule has 0 unspecified atom stereocenters. The van der Waals surface area contributed by atoms with E-state index in [1.165, 1.54) is 11.1 Å². The molecule has 1 aromatic rings. The molecule has 1 aromatic carbocycles. The monoisotopic (exact) mass is 711 g/mol. The summed E-state index contributed by atoms with van der Waals surface area (Å²) in [6.07, 6.45) is 1.00. The Morgan fingerprint density at radius 1 is 0.633 bits per heavy atom. The number of carboxylic acids is 3. The Labute approximate surface area is 293 Å². The number of hydrogen-bond acceptors (Lipinski definition) is 11. The summed E-state index contributed by atoms with van der Waals surface area (Å²) in [5, 5.41) is 31.4. The van der Waals surface area contributed by atoms with E-state index in [0.29, 0.717) is 78.7 Å². The van der Waals surface area contributed by atoms with Gasteiger partial charge in [-0.1, -0.05) is 24.3 Å². The van der Waals surface area contributed by atoms with Gasteiger partial charge in [-0.3, -0.25) is 19.3 Å². The molecule has 0 aliphatic carbocycles. The van der Waals surface area contributed by atoms with Crippen molar-refractivity contribution in [3.8, 4) is 0 Å². The number of carboxylic acid groups (broad SMARTS) is 3. The van der Waals surface area contributed by atoms with E-state index in [2.05, 4.69) is 49.2 Å². The Morgan fingerprint density at radius 3 is 1.37 bits per heavy atom. The second-order valence-electron chi connectivity index (χ2n) is 12.3. The van der Waals surface area contributed by atoms with E-state index in [0.717, 1.165) is 45.2 Å². The highest BCUT2D eigenvalue weighted by molar-refractivity contribution is 6.60. The minimum atomic E-state index is -2.64. The fraction of sp³-hybridized carbons (Fsp3) is 0.735. The number of carbonyl (C=O) groups is 3. The van der Waals surface area contributed by atoms with Crippen molar-refractivity contribution in [3.05, 3.63) is 35.4 Å². The Hall–Kier alpha value is -2.47. The van der Waals surface area contributed by atoms with Crippen LogP contribution in [0.15, 0.2) is 24.3 Å². The Kier molecular flexibility index (Phi) is 21.5. The van der Waals surface area contributed by atoms with Crippen molar-refractivity contribution in [1.82, 2.24) is 24.9 Å². The van der Waals surface area contributed by atoms with Crippen LogP contribution >= 0.6 is 0 Å². The fourth-order valence-electron chi connectivity index (χ4n) is 5.85. The smallest absolute Gasteiger partial charge is 0.481 e. The summed E-state index contributed by atoms with van der Waals surface area (Å²) in [4.78, 5) is 42.7. The van der Waals surface area contributed by atoms with Gasteiger partial charge in [0, 0.05) is 111 Å².